The molecule has 0 saturated heterocycles. The van der Waals surface area contributed by atoms with Crippen LogP contribution in [0.4, 0.5) is 0 Å². The van der Waals surface area contributed by atoms with Gasteiger partial charge in [0.2, 0.25) is 10.0 Å². The first-order valence-electron chi connectivity index (χ1n) is 10.4. The summed E-state index contributed by atoms with van der Waals surface area (Å²) in [7, 11) is -3.75. The van der Waals surface area contributed by atoms with Gasteiger partial charge in [-0.3, -0.25) is 4.98 Å². The number of carbonyl (C=O) groups is 1. The normalized spacial score (nSPS) is 15.7. The van der Waals surface area contributed by atoms with Crippen LogP contribution in [0.3, 0.4) is 0 Å². The first-order chi connectivity index (χ1) is 15.3. The molecular formula is C24H24N2O5S. The van der Waals surface area contributed by atoms with Gasteiger partial charge >= 0.3 is 5.97 Å². The summed E-state index contributed by atoms with van der Waals surface area (Å²) in [4.78, 5) is 15.4. The molecule has 32 heavy (non-hydrogen) atoms. The molecule has 0 radical (unpaired) electrons. The Morgan fingerprint density at radius 2 is 1.97 bits per heavy atom. The predicted molar refractivity (Wildman–Crippen MR) is 120 cm³/mol. The van der Waals surface area contributed by atoms with E-state index >= 15 is 0 Å². The van der Waals surface area contributed by atoms with Gasteiger partial charge in [-0.2, -0.15) is 0 Å². The molecule has 0 saturated carbocycles. The first kappa shape index (κ1) is 22.0. The molecule has 0 fully saturated rings. The van der Waals surface area contributed by atoms with Crippen molar-refractivity contribution in [1.29, 1.82) is 0 Å². The van der Waals surface area contributed by atoms with E-state index < -0.39 is 28.6 Å². The highest BCUT2D eigenvalue weighted by atomic mass is 32.2. The number of fused-ring (bicyclic) bond motifs is 1. The summed E-state index contributed by atoms with van der Waals surface area (Å²) in [6.07, 6.45) is 3.86. The van der Waals surface area contributed by atoms with Crippen LogP contribution in [0.15, 0.2) is 65.7 Å². The topological polar surface area (TPSA) is 106 Å². The van der Waals surface area contributed by atoms with E-state index in [9.17, 15) is 13.2 Å². The van der Waals surface area contributed by atoms with Crippen LogP contribution in [0.25, 0.3) is 11.3 Å². The number of ether oxygens (including phenoxy) is 1. The summed E-state index contributed by atoms with van der Waals surface area (Å²) in [5.41, 5.74) is 4.39. The van der Waals surface area contributed by atoms with Crippen molar-refractivity contribution in [2.45, 2.75) is 37.1 Å². The van der Waals surface area contributed by atoms with E-state index in [1.54, 1.807) is 42.6 Å². The average molecular weight is 453 g/mol. The second kappa shape index (κ2) is 9.10. The van der Waals surface area contributed by atoms with Crippen molar-refractivity contribution in [3.63, 3.8) is 0 Å². The van der Waals surface area contributed by atoms with Gasteiger partial charge in [-0.1, -0.05) is 24.3 Å². The third-order valence-corrected chi connectivity index (χ3v) is 6.98. The molecule has 0 aliphatic heterocycles. The molecule has 1 aliphatic carbocycles. The number of carboxylic acids is 1. The van der Waals surface area contributed by atoms with Crippen LogP contribution < -0.4 is 9.46 Å². The van der Waals surface area contributed by atoms with E-state index in [0.717, 1.165) is 34.4 Å². The predicted octanol–water partition coefficient (Wildman–Crippen LogP) is 3.88. The van der Waals surface area contributed by atoms with E-state index in [1.807, 2.05) is 25.1 Å². The zero-order valence-electron chi connectivity index (χ0n) is 17.6. The standard InChI is InChI=1S/C24H24N2O5S/c1-16-12-13-25-22(14-16)17-8-10-18(11-9-17)32(29,30)26-21-6-2-5-20-19(21)4-3-7-23(20)31-15-24(27)28/h3-4,7-14,21,26H,2,5-6,15H2,1H3,(H,27,28). The molecule has 1 unspecified atom stereocenters. The molecule has 1 aromatic heterocycles. The Labute approximate surface area is 187 Å². The number of nitrogens with one attached hydrogen (secondary N) is 1. The maximum Gasteiger partial charge on any atom is 0.341 e. The van der Waals surface area contributed by atoms with Crippen molar-refractivity contribution in [2.24, 2.45) is 0 Å². The molecule has 1 heterocycles. The number of aryl methyl sites for hydroxylation is 1. The van der Waals surface area contributed by atoms with Crippen LogP contribution in [-0.4, -0.2) is 31.1 Å². The fraction of sp³-hybridized carbons (Fsp3) is 0.250. The number of hydrogen-bond donors (Lipinski definition) is 2. The summed E-state index contributed by atoms with van der Waals surface area (Å²) in [6.45, 7) is 1.54. The highest BCUT2D eigenvalue weighted by Crippen LogP contribution is 2.36. The van der Waals surface area contributed by atoms with Gasteiger partial charge in [-0.05, 0) is 73.2 Å². The molecule has 0 spiro atoms. The second-order valence-electron chi connectivity index (χ2n) is 7.82. The van der Waals surface area contributed by atoms with Gasteiger partial charge in [0.1, 0.15) is 5.75 Å². The van der Waals surface area contributed by atoms with E-state index in [2.05, 4.69) is 9.71 Å². The largest absolute Gasteiger partial charge is 0.482 e. The van der Waals surface area contributed by atoms with Gasteiger partial charge in [-0.25, -0.2) is 17.9 Å². The Hall–Kier alpha value is -3.23. The number of aromatic nitrogens is 1. The monoisotopic (exact) mass is 452 g/mol. The molecule has 4 rings (SSSR count). The van der Waals surface area contributed by atoms with Crippen molar-refractivity contribution in [2.75, 3.05) is 6.61 Å². The number of benzene rings is 2. The SMILES string of the molecule is Cc1ccnc(-c2ccc(S(=O)(=O)NC3CCCc4c(OCC(=O)O)cccc43)cc2)c1. The van der Waals surface area contributed by atoms with E-state index in [4.69, 9.17) is 9.84 Å². The minimum Gasteiger partial charge on any atom is -0.482 e. The smallest absolute Gasteiger partial charge is 0.341 e. The number of hydrogen-bond acceptors (Lipinski definition) is 5. The maximum atomic E-state index is 13.1. The van der Waals surface area contributed by atoms with Crippen LogP contribution in [0, 0.1) is 6.92 Å². The minimum atomic E-state index is -3.75. The van der Waals surface area contributed by atoms with Crippen LogP contribution >= 0.6 is 0 Å². The quantitative estimate of drug-likeness (QED) is 0.564. The molecule has 166 valence electrons. The van der Waals surface area contributed by atoms with Crippen molar-refractivity contribution < 1.29 is 23.1 Å². The molecular weight excluding hydrogens is 428 g/mol. The number of pyridine rings is 1. The lowest BCUT2D eigenvalue weighted by Gasteiger charge is -2.27. The average Bonchev–Trinajstić information content (AvgIpc) is 2.78. The van der Waals surface area contributed by atoms with Gasteiger partial charge in [0.15, 0.2) is 6.61 Å². The minimum absolute atomic E-state index is 0.180. The highest BCUT2D eigenvalue weighted by molar-refractivity contribution is 7.89. The van der Waals surface area contributed by atoms with Gasteiger partial charge in [0.05, 0.1) is 10.6 Å². The fourth-order valence-corrected chi connectivity index (χ4v) is 5.22. The number of rotatable bonds is 7. The molecule has 1 aliphatic rings. The first-order valence-corrected chi connectivity index (χ1v) is 11.8. The summed E-state index contributed by atoms with van der Waals surface area (Å²) >= 11 is 0. The van der Waals surface area contributed by atoms with Gasteiger partial charge < -0.3 is 9.84 Å². The van der Waals surface area contributed by atoms with Crippen molar-refractivity contribution >= 4 is 16.0 Å². The van der Waals surface area contributed by atoms with Crippen molar-refractivity contribution in [3.8, 4) is 17.0 Å². The summed E-state index contributed by atoms with van der Waals surface area (Å²) in [5.74, 6) is -0.566. The second-order valence-corrected chi connectivity index (χ2v) is 9.53. The van der Waals surface area contributed by atoms with Crippen LogP contribution in [0.2, 0.25) is 0 Å². The number of sulfonamides is 1. The van der Waals surface area contributed by atoms with Gasteiger partial charge in [-0.15, -0.1) is 0 Å². The number of carboxylic acid groups (broad SMARTS) is 1. The maximum absolute atomic E-state index is 13.1. The van der Waals surface area contributed by atoms with Crippen LogP contribution in [-0.2, 0) is 21.2 Å². The van der Waals surface area contributed by atoms with E-state index in [1.165, 1.54) is 0 Å². The number of nitrogens with zero attached hydrogens (tertiary/aromatic N) is 1. The highest BCUT2D eigenvalue weighted by Gasteiger charge is 2.27. The molecule has 0 amide bonds. The Morgan fingerprint density at radius 1 is 1.19 bits per heavy atom. The fourth-order valence-electron chi connectivity index (χ4n) is 3.97. The third kappa shape index (κ3) is 4.81. The molecule has 8 heteroatoms. The van der Waals surface area contributed by atoms with Crippen LogP contribution in [0.1, 0.15) is 35.6 Å². The lowest BCUT2D eigenvalue weighted by atomic mass is 9.87. The van der Waals surface area contributed by atoms with E-state index in [-0.39, 0.29) is 4.90 Å². The molecule has 0 bridgehead atoms. The molecule has 7 nitrogen and oxygen atoms in total. The molecule has 3 aromatic rings. The molecule has 2 N–H and O–H groups in total. The lowest BCUT2D eigenvalue weighted by molar-refractivity contribution is -0.139. The third-order valence-electron chi connectivity index (χ3n) is 5.49. The summed E-state index contributed by atoms with van der Waals surface area (Å²) < 4.78 is 34.4. The summed E-state index contributed by atoms with van der Waals surface area (Å²) in [6, 6.07) is 15.5. The van der Waals surface area contributed by atoms with Gasteiger partial charge in [0, 0.05) is 17.8 Å². The van der Waals surface area contributed by atoms with Crippen LogP contribution in [0.5, 0.6) is 5.75 Å². The molecule has 1 atom stereocenters. The van der Waals surface area contributed by atoms with Crippen molar-refractivity contribution in [3.05, 3.63) is 77.5 Å². The number of aliphatic carboxylic acids is 1. The Balaban J connectivity index is 1.56. The Bertz CT molecular complexity index is 1240. The Kier molecular flexibility index (Phi) is 6.25. The van der Waals surface area contributed by atoms with Crippen molar-refractivity contribution in [1.82, 2.24) is 9.71 Å². The van der Waals surface area contributed by atoms with E-state index in [0.29, 0.717) is 18.6 Å². The molecule has 2 aromatic carbocycles. The Morgan fingerprint density at radius 3 is 2.69 bits per heavy atom. The zero-order chi connectivity index (χ0) is 22.7. The zero-order valence-corrected chi connectivity index (χ0v) is 18.4. The lowest BCUT2D eigenvalue weighted by Crippen LogP contribution is -2.31. The summed E-state index contributed by atoms with van der Waals surface area (Å²) in [5, 5.41) is 8.89. The van der Waals surface area contributed by atoms with Gasteiger partial charge in [0.25, 0.3) is 0 Å².